The van der Waals surface area contributed by atoms with Crippen molar-refractivity contribution in [2.45, 2.75) is 12.8 Å². The predicted octanol–water partition coefficient (Wildman–Crippen LogP) is 0.365. The number of allylic oxidation sites excluding steroid dienone is 2. The number of hydrogen-bond donors (Lipinski definition) is 0. The quantitative estimate of drug-likeness (QED) is 0.215. The summed E-state index contributed by atoms with van der Waals surface area (Å²) in [6.07, 6.45) is 5.58. The summed E-state index contributed by atoms with van der Waals surface area (Å²) in [5.74, 6) is -1.10. The number of ketones is 1. The minimum absolute atomic E-state index is 0.0890. The summed E-state index contributed by atoms with van der Waals surface area (Å²) in [7, 11) is 0. The van der Waals surface area contributed by atoms with Crippen molar-refractivity contribution in [2.75, 3.05) is 6.61 Å². The maximum Gasteiger partial charge on any atom is 0.323 e. The minimum Gasteiger partial charge on any atom is -0.464 e. The van der Waals surface area contributed by atoms with Crippen LogP contribution in [0, 0.1) is 11.3 Å². The van der Waals surface area contributed by atoms with Gasteiger partial charge in [0.1, 0.15) is 6.61 Å². The van der Waals surface area contributed by atoms with Gasteiger partial charge in [-0.05, 0) is 12.8 Å². The number of cyclic esters (lactones) is 1. The van der Waals surface area contributed by atoms with Gasteiger partial charge in [-0.15, -0.1) is 0 Å². The number of carbonyl (C=O) groups excluding carboxylic acids is 2. The van der Waals surface area contributed by atoms with Gasteiger partial charge in [-0.1, -0.05) is 12.2 Å². The van der Waals surface area contributed by atoms with Crippen molar-refractivity contribution < 1.29 is 19.1 Å². The molecule has 0 aromatic heterocycles. The Bertz CT molecular complexity index is 395. The lowest BCUT2D eigenvalue weighted by Gasteiger charge is -2.28. The Morgan fingerprint density at radius 2 is 2.47 bits per heavy atom. The molecule has 78 valence electrons. The van der Waals surface area contributed by atoms with Crippen molar-refractivity contribution in [3.05, 3.63) is 17.7 Å². The molecule has 0 spiro atoms. The molecule has 2 rings (SSSR count). The van der Waals surface area contributed by atoms with Gasteiger partial charge < -0.3 is 10.3 Å². The first kappa shape index (κ1) is 9.80. The van der Waals surface area contributed by atoms with E-state index in [2.05, 4.69) is 4.79 Å². The summed E-state index contributed by atoms with van der Waals surface area (Å²) < 4.78 is 4.93. The third-order valence-corrected chi connectivity index (χ3v) is 3.11. The van der Waals surface area contributed by atoms with E-state index in [-0.39, 0.29) is 18.4 Å². The zero-order valence-electron chi connectivity index (χ0n) is 8.05. The number of hydrogen-bond acceptors (Lipinski definition) is 3. The largest absolute Gasteiger partial charge is 0.464 e. The van der Waals surface area contributed by atoms with E-state index in [1.165, 1.54) is 0 Å². The van der Waals surface area contributed by atoms with Crippen LogP contribution in [0.15, 0.2) is 12.2 Å². The lowest BCUT2D eigenvalue weighted by atomic mass is 9.68. The molecule has 5 heteroatoms. The first-order valence-corrected chi connectivity index (χ1v) is 4.74. The summed E-state index contributed by atoms with van der Waals surface area (Å²) >= 11 is 0. The molecule has 5 nitrogen and oxygen atoms in total. The summed E-state index contributed by atoms with van der Waals surface area (Å²) in [6, 6.07) is 0. The van der Waals surface area contributed by atoms with Gasteiger partial charge in [0, 0.05) is 0 Å². The third kappa shape index (κ3) is 1.32. The molecule has 1 saturated heterocycles. The first-order chi connectivity index (χ1) is 7.20. The number of esters is 1. The lowest BCUT2D eigenvalue weighted by molar-refractivity contribution is -0.141. The topological polar surface area (TPSA) is 79.8 Å². The van der Waals surface area contributed by atoms with E-state index in [0.29, 0.717) is 12.8 Å². The Morgan fingerprint density at radius 3 is 3.20 bits per heavy atom. The highest BCUT2D eigenvalue weighted by atomic mass is 16.5. The van der Waals surface area contributed by atoms with Crippen molar-refractivity contribution in [1.82, 2.24) is 0 Å². The molecule has 0 amide bonds. The predicted molar refractivity (Wildman–Crippen MR) is 49.9 cm³/mol. The smallest absolute Gasteiger partial charge is 0.323 e. The SMILES string of the molecule is [N-]=[N+]=CC(=O)[C@@]12CC=CC[C@@H]1C(=O)OC2. The molecule has 2 atom stereocenters. The van der Waals surface area contributed by atoms with Crippen LogP contribution in [0.1, 0.15) is 12.8 Å². The monoisotopic (exact) mass is 206 g/mol. The molecule has 1 aliphatic carbocycles. The Balaban J connectivity index is 2.39. The molecule has 0 aromatic carbocycles. The maximum atomic E-state index is 11.8. The van der Waals surface area contributed by atoms with Crippen LogP contribution in [0.25, 0.3) is 5.53 Å². The van der Waals surface area contributed by atoms with E-state index in [0.717, 1.165) is 6.21 Å². The first-order valence-electron chi connectivity index (χ1n) is 4.74. The highest BCUT2D eigenvalue weighted by Crippen LogP contribution is 2.44. The van der Waals surface area contributed by atoms with Gasteiger partial charge in [-0.25, -0.2) is 0 Å². The molecule has 2 aliphatic rings. The van der Waals surface area contributed by atoms with E-state index in [9.17, 15) is 9.59 Å². The number of carbonyl (C=O) groups is 2. The Hall–Kier alpha value is -1.74. The van der Waals surface area contributed by atoms with E-state index in [1.807, 2.05) is 12.2 Å². The standard InChI is InChI=1S/C10H10N2O3/c11-12-5-8(13)10-4-2-1-3-7(10)9(14)15-6-10/h1-2,5,7H,3-4,6H2/t7-,10-/m1/s1. The van der Waals surface area contributed by atoms with Crippen molar-refractivity contribution in [1.29, 1.82) is 0 Å². The van der Waals surface area contributed by atoms with Gasteiger partial charge in [0.2, 0.25) is 5.78 Å². The highest BCUT2D eigenvalue weighted by Gasteiger charge is 2.55. The average Bonchev–Trinajstić information content (AvgIpc) is 2.59. The fourth-order valence-electron chi connectivity index (χ4n) is 2.20. The highest BCUT2D eigenvalue weighted by molar-refractivity contribution is 6.29. The Morgan fingerprint density at radius 1 is 1.67 bits per heavy atom. The van der Waals surface area contributed by atoms with Crippen LogP contribution in [0.3, 0.4) is 0 Å². The summed E-state index contributed by atoms with van der Waals surface area (Å²) in [5, 5.41) is 0. The van der Waals surface area contributed by atoms with Gasteiger partial charge in [-0.2, -0.15) is 4.79 Å². The molecule has 1 aliphatic heterocycles. The minimum atomic E-state index is -0.835. The number of rotatable bonds is 2. The van der Waals surface area contributed by atoms with Crippen molar-refractivity contribution in [2.24, 2.45) is 11.3 Å². The fourth-order valence-corrected chi connectivity index (χ4v) is 2.20. The number of nitrogens with zero attached hydrogens (tertiary/aromatic N) is 2. The second kappa shape index (κ2) is 3.44. The molecule has 1 fully saturated rings. The zero-order chi connectivity index (χ0) is 10.9. The number of ether oxygens (including phenoxy) is 1. The maximum absolute atomic E-state index is 11.8. The zero-order valence-corrected chi connectivity index (χ0v) is 8.05. The van der Waals surface area contributed by atoms with Crippen molar-refractivity contribution >= 4 is 18.0 Å². The molecular weight excluding hydrogens is 196 g/mol. The van der Waals surface area contributed by atoms with Gasteiger partial charge >= 0.3 is 12.2 Å². The molecule has 1 heterocycles. The van der Waals surface area contributed by atoms with E-state index >= 15 is 0 Å². The molecule has 0 radical (unpaired) electrons. The van der Waals surface area contributed by atoms with Gasteiger partial charge in [0.05, 0.1) is 11.3 Å². The molecule has 0 saturated carbocycles. The van der Waals surface area contributed by atoms with Crippen molar-refractivity contribution in [3.63, 3.8) is 0 Å². The lowest BCUT2D eigenvalue weighted by Crippen LogP contribution is -2.40. The summed E-state index contributed by atoms with van der Waals surface area (Å²) in [6.45, 7) is 0.0890. The second-order valence-electron chi connectivity index (χ2n) is 3.84. The second-order valence-corrected chi connectivity index (χ2v) is 3.84. The van der Waals surface area contributed by atoms with Crippen LogP contribution in [-0.4, -0.2) is 29.4 Å². The van der Waals surface area contributed by atoms with Crippen LogP contribution in [0.4, 0.5) is 0 Å². The third-order valence-electron chi connectivity index (χ3n) is 3.11. The van der Waals surface area contributed by atoms with E-state index in [4.69, 9.17) is 10.3 Å². The Kier molecular flexibility index (Phi) is 2.25. The summed E-state index contributed by atoms with van der Waals surface area (Å²) in [4.78, 5) is 25.9. The van der Waals surface area contributed by atoms with Crippen LogP contribution in [-0.2, 0) is 14.3 Å². The normalized spacial score (nSPS) is 32.8. The fraction of sp³-hybridized carbons (Fsp3) is 0.500. The van der Waals surface area contributed by atoms with E-state index < -0.39 is 11.3 Å². The Labute approximate surface area is 86.3 Å². The van der Waals surface area contributed by atoms with Gasteiger partial charge in [0.25, 0.3) is 0 Å². The number of fused-ring (bicyclic) bond motifs is 1. The molecule has 15 heavy (non-hydrogen) atoms. The van der Waals surface area contributed by atoms with Crippen LogP contribution in [0.5, 0.6) is 0 Å². The molecular formula is C10H10N2O3. The van der Waals surface area contributed by atoms with Gasteiger partial charge in [0.15, 0.2) is 0 Å². The average molecular weight is 206 g/mol. The van der Waals surface area contributed by atoms with Crippen LogP contribution in [0.2, 0.25) is 0 Å². The summed E-state index contributed by atoms with van der Waals surface area (Å²) in [5.41, 5.74) is 7.52. The molecule has 0 unspecified atom stereocenters. The molecule has 0 bridgehead atoms. The van der Waals surface area contributed by atoms with Crippen LogP contribution < -0.4 is 0 Å². The van der Waals surface area contributed by atoms with Crippen LogP contribution >= 0.6 is 0 Å². The number of Topliss-reactive ketones (excluding diaryl/α,β-unsaturated/α-hetero) is 1. The molecule has 0 N–H and O–H groups in total. The van der Waals surface area contributed by atoms with Crippen molar-refractivity contribution in [3.8, 4) is 0 Å². The molecule has 0 aromatic rings. The van der Waals surface area contributed by atoms with Gasteiger partial charge in [-0.3, -0.25) is 9.59 Å². The van der Waals surface area contributed by atoms with E-state index in [1.54, 1.807) is 0 Å².